The molecular formula is C16H22N2OS. The summed E-state index contributed by atoms with van der Waals surface area (Å²) in [6.45, 7) is 2.56. The molecule has 108 valence electrons. The summed E-state index contributed by atoms with van der Waals surface area (Å²) in [5.74, 6) is 0. The van der Waals surface area contributed by atoms with Gasteiger partial charge in [0.15, 0.2) is 0 Å². The molecule has 20 heavy (non-hydrogen) atoms. The molecule has 0 spiro atoms. The number of aromatic nitrogens is 1. The minimum absolute atomic E-state index is 0.305. The number of hydrogen-bond acceptors (Lipinski definition) is 4. The summed E-state index contributed by atoms with van der Waals surface area (Å²) in [5.41, 5.74) is 1.13. The molecule has 3 rings (SSSR count). The van der Waals surface area contributed by atoms with Gasteiger partial charge in [0, 0.05) is 6.61 Å². The molecule has 4 heteroatoms. The van der Waals surface area contributed by atoms with Gasteiger partial charge in [-0.15, -0.1) is 11.3 Å². The van der Waals surface area contributed by atoms with Crippen molar-refractivity contribution in [2.75, 3.05) is 19.7 Å². The number of hydrogen-bond donors (Lipinski definition) is 1. The van der Waals surface area contributed by atoms with E-state index in [1.165, 1.54) is 35.5 Å². The Morgan fingerprint density at radius 2 is 2.15 bits per heavy atom. The van der Waals surface area contributed by atoms with E-state index in [4.69, 9.17) is 10.1 Å². The van der Waals surface area contributed by atoms with Crippen molar-refractivity contribution in [1.82, 2.24) is 9.88 Å². The second kappa shape index (κ2) is 6.66. The Hall–Kier alpha value is -0.970. The molecule has 2 aromatic rings. The molecule has 1 N–H and O–H groups in total. The van der Waals surface area contributed by atoms with Crippen molar-refractivity contribution in [3.63, 3.8) is 0 Å². The predicted molar refractivity (Wildman–Crippen MR) is 84.1 cm³/mol. The normalized spacial score (nSPS) is 20.6. The molecule has 1 aromatic heterocycles. The second-order valence-electron chi connectivity index (χ2n) is 5.50. The van der Waals surface area contributed by atoms with Crippen molar-refractivity contribution in [2.45, 2.75) is 38.1 Å². The fourth-order valence-corrected chi connectivity index (χ4v) is 4.13. The Balaban J connectivity index is 1.77. The molecule has 0 bridgehead atoms. The number of thiazole rings is 1. The third-order valence-corrected chi connectivity index (χ3v) is 5.20. The van der Waals surface area contributed by atoms with E-state index in [2.05, 4.69) is 29.2 Å². The van der Waals surface area contributed by atoms with E-state index in [-0.39, 0.29) is 0 Å². The average molecular weight is 290 g/mol. The fraction of sp³-hybridized carbons (Fsp3) is 0.562. The Morgan fingerprint density at radius 3 is 3.00 bits per heavy atom. The second-order valence-corrected chi connectivity index (χ2v) is 6.56. The summed E-state index contributed by atoms with van der Waals surface area (Å²) in [7, 11) is 0. The van der Waals surface area contributed by atoms with Crippen LogP contribution in [0.25, 0.3) is 10.2 Å². The number of para-hydroxylation sites is 1. The maximum atomic E-state index is 8.95. The third-order valence-electron chi connectivity index (χ3n) is 4.06. The lowest BCUT2D eigenvalue weighted by Crippen LogP contribution is -2.34. The molecule has 1 aromatic carbocycles. The van der Waals surface area contributed by atoms with Gasteiger partial charge >= 0.3 is 0 Å². The largest absolute Gasteiger partial charge is 0.396 e. The van der Waals surface area contributed by atoms with Crippen molar-refractivity contribution in [2.24, 2.45) is 0 Å². The first-order chi connectivity index (χ1) is 9.88. The van der Waals surface area contributed by atoms with E-state index in [9.17, 15) is 0 Å². The van der Waals surface area contributed by atoms with Crippen LogP contribution in [0.4, 0.5) is 0 Å². The maximum absolute atomic E-state index is 8.95. The zero-order valence-electron chi connectivity index (χ0n) is 11.8. The number of likely N-dealkylation sites (tertiary alicyclic amines) is 1. The van der Waals surface area contributed by atoms with E-state index < -0.39 is 0 Å². The molecule has 1 unspecified atom stereocenters. The zero-order chi connectivity index (χ0) is 13.8. The van der Waals surface area contributed by atoms with Crippen LogP contribution in [-0.2, 0) is 0 Å². The first kappa shape index (κ1) is 14.0. The number of nitrogens with zero attached hydrogens (tertiary/aromatic N) is 2. The van der Waals surface area contributed by atoms with Gasteiger partial charge in [0.05, 0.1) is 16.3 Å². The first-order valence-electron chi connectivity index (χ1n) is 7.59. The molecule has 1 aliphatic rings. The molecular weight excluding hydrogens is 268 g/mol. The molecule has 1 aliphatic heterocycles. The van der Waals surface area contributed by atoms with Crippen molar-refractivity contribution in [1.29, 1.82) is 0 Å². The number of benzene rings is 1. The third kappa shape index (κ3) is 3.03. The lowest BCUT2D eigenvalue weighted by molar-refractivity contribution is 0.142. The van der Waals surface area contributed by atoms with E-state index >= 15 is 0 Å². The topological polar surface area (TPSA) is 36.4 Å². The van der Waals surface area contributed by atoms with Gasteiger partial charge in [-0.1, -0.05) is 18.6 Å². The van der Waals surface area contributed by atoms with Gasteiger partial charge in [-0.3, -0.25) is 4.90 Å². The van der Waals surface area contributed by atoms with Gasteiger partial charge in [0.25, 0.3) is 0 Å². The standard InChI is InChI=1S/C16H22N2OS/c19-12-6-5-11-18-10-4-3-8-14(18)16-17-13-7-1-2-9-15(13)20-16/h1-2,7,9,14,19H,3-6,8,10-12H2. The summed E-state index contributed by atoms with van der Waals surface area (Å²) in [4.78, 5) is 7.41. The highest BCUT2D eigenvalue weighted by Crippen LogP contribution is 2.35. The summed E-state index contributed by atoms with van der Waals surface area (Å²) in [6, 6.07) is 8.90. The first-order valence-corrected chi connectivity index (χ1v) is 8.40. The minimum atomic E-state index is 0.305. The molecule has 2 heterocycles. The van der Waals surface area contributed by atoms with Crippen LogP contribution in [0.15, 0.2) is 24.3 Å². The lowest BCUT2D eigenvalue weighted by Gasteiger charge is -2.34. The zero-order valence-corrected chi connectivity index (χ0v) is 12.6. The van der Waals surface area contributed by atoms with Gasteiger partial charge in [-0.05, 0) is 50.9 Å². The number of aliphatic hydroxyl groups is 1. The quantitative estimate of drug-likeness (QED) is 0.855. The molecule has 0 aliphatic carbocycles. The van der Waals surface area contributed by atoms with Gasteiger partial charge in [0.2, 0.25) is 0 Å². The van der Waals surface area contributed by atoms with Crippen LogP contribution in [0, 0.1) is 0 Å². The highest BCUT2D eigenvalue weighted by Gasteiger charge is 2.26. The Morgan fingerprint density at radius 1 is 1.25 bits per heavy atom. The number of unbranched alkanes of at least 4 members (excludes halogenated alkanes) is 1. The van der Waals surface area contributed by atoms with Gasteiger partial charge < -0.3 is 5.11 Å². The molecule has 0 amide bonds. The minimum Gasteiger partial charge on any atom is -0.396 e. The van der Waals surface area contributed by atoms with Crippen LogP contribution in [0.5, 0.6) is 0 Å². The molecule has 1 saturated heterocycles. The SMILES string of the molecule is OCCCCN1CCCCC1c1nc2ccccc2s1. The highest BCUT2D eigenvalue weighted by molar-refractivity contribution is 7.18. The number of fused-ring (bicyclic) bond motifs is 1. The summed E-state index contributed by atoms with van der Waals surface area (Å²) < 4.78 is 1.29. The van der Waals surface area contributed by atoms with Crippen molar-refractivity contribution in [3.05, 3.63) is 29.3 Å². The Labute approximate surface area is 124 Å². The Bertz CT molecular complexity index is 521. The number of rotatable bonds is 5. The van der Waals surface area contributed by atoms with Gasteiger partial charge in [0.1, 0.15) is 5.01 Å². The molecule has 1 atom stereocenters. The summed E-state index contributed by atoms with van der Waals surface area (Å²) >= 11 is 1.84. The fourth-order valence-electron chi connectivity index (χ4n) is 3.00. The van der Waals surface area contributed by atoms with Crippen molar-refractivity contribution in [3.8, 4) is 0 Å². The summed E-state index contributed by atoms with van der Waals surface area (Å²) in [6.07, 6.45) is 5.80. The molecule has 0 radical (unpaired) electrons. The predicted octanol–water partition coefficient (Wildman–Crippen LogP) is 3.60. The van der Waals surface area contributed by atoms with Crippen LogP contribution in [-0.4, -0.2) is 34.7 Å². The summed E-state index contributed by atoms with van der Waals surface area (Å²) in [5, 5.41) is 10.2. The molecule has 1 fully saturated rings. The van der Waals surface area contributed by atoms with Crippen LogP contribution in [0.2, 0.25) is 0 Å². The van der Waals surface area contributed by atoms with E-state index in [0.717, 1.165) is 24.9 Å². The average Bonchev–Trinajstić information content (AvgIpc) is 2.92. The number of piperidine rings is 1. The van der Waals surface area contributed by atoms with E-state index in [1.807, 2.05) is 11.3 Å². The smallest absolute Gasteiger partial charge is 0.111 e. The van der Waals surface area contributed by atoms with Crippen LogP contribution < -0.4 is 0 Å². The van der Waals surface area contributed by atoms with E-state index in [1.54, 1.807) is 0 Å². The maximum Gasteiger partial charge on any atom is 0.111 e. The number of aliphatic hydroxyl groups excluding tert-OH is 1. The van der Waals surface area contributed by atoms with Crippen LogP contribution >= 0.6 is 11.3 Å². The van der Waals surface area contributed by atoms with E-state index in [0.29, 0.717) is 12.6 Å². The Kier molecular flexibility index (Phi) is 4.65. The van der Waals surface area contributed by atoms with Crippen LogP contribution in [0.1, 0.15) is 43.2 Å². The van der Waals surface area contributed by atoms with Crippen LogP contribution in [0.3, 0.4) is 0 Å². The monoisotopic (exact) mass is 290 g/mol. The van der Waals surface area contributed by atoms with Crippen molar-refractivity contribution < 1.29 is 5.11 Å². The van der Waals surface area contributed by atoms with Gasteiger partial charge in [-0.25, -0.2) is 4.98 Å². The van der Waals surface area contributed by atoms with Gasteiger partial charge in [-0.2, -0.15) is 0 Å². The van der Waals surface area contributed by atoms with Crippen molar-refractivity contribution >= 4 is 21.6 Å². The molecule has 3 nitrogen and oxygen atoms in total. The highest BCUT2D eigenvalue weighted by atomic mass is 32.1. The molecule has 0 saturated carbocycles. The lowest BCUT2D eigenvalue weighted by atomic mass is 10.0.